The zero-order chi connectivity index (χ0) is 14.2. The molecule has 106 valence electrons. The first-order chi connectivity index (χ1) is 8.95. The number of rotatable bonds is 3. The molecule has 1 aromatic rings. The molecule has 0 radical (unpaired) electrons. The molecule has 2 unspecified atom stereocenters. The second kappa shape index (κ2) is 4.85. The average molecular weight is 276 g/mol. The summed E-state index contributed by atoms with van der Waals surface area (Å²) in [5.74, 6) is 0. The van der Waals surface area contributed by atoms with Gasteiger partial charge >= 0.3 is 5.69 Å². The van der Waals surface area contributed by atoms with Crippen LogP contribution in [0.15, 0.2) is 21.9 Å². The van der Waals surface area contributed by atoms with E-state index in [-0.39, 0.29) is 0 Å². The van der Waals surface area contributed by atoms with Gasteiger partial charge in [-0.2, -0.15) is 0 Å². The van der Waals surface area contributed by atoms with E-state index >= 15 is 0 Å². The maximum atomic E-state index is 12.9. The number of nitrogens with one attached hydrogen (secondary N) is 1. The quantitative estimate of drug-likeness (QED) is 0.483. The maximum Gasteiger partial charge on any atom is 0.330 e. The van der Waals surface area contributed by atoms with Crippen LogP contribution in [0.1, 0.15) is 6.23 Å². The lowest BCUT2D eigenvalue weighted by Crippen LogP contribution is -2.48. The van der Waals surface area contributed by atoms with E-state index in [1.54, 1.807) is 0 Å². The molecule has 4 atom stereocenters. The summed E-state index contributed by atoms with van der Waals surface area (Å²) in [6.07, 6.45) is -3.67. The van der Waals surface area contributed by atoms with Gasteiger partial charge in [-0.15, -0.1) is 0 Å². The molecule has 0 aliphatic carbocycles. The molecule has 9 heteroatoms. The van der Waals surface area contributed by atoms with E-state index in [1.807, 2.05) is 4.98 Å². The average Bonchev–Trinajstić information content (AvgIpc) is 2.64. The van der Waals surface area contributed by atoms with Crippen LogP contribution >= 0.6 is 0 Å². The zero-order valence-corrected chi connectivity index (χ0v) is 9.69. The number of aliphatic hydroxyl groups excluding tert-OH is 3. The normalized spacial score (nSPS) is 34.6. The van der Waals surface area contributed by atoms with Gasteiger partial charge in [0.05, 0.1) is 6.61 Å². The van der Waals surface area contributed by atoms with E-state index in [4.69, 9.17) is 9.84 Å². The van der Waals surface area contributed by atoms with Crippen molar-refractivity contribution in [1.29, 1.82) is 0 Å². The van der Waals surface area contributed by atoms with Crippen molar-refractivity contribution in [2.75, 3.05) is 13.3 Å². The fraction of sp³-hybridized carbons (Fsp3) is 0.600. The highest BCUT2D eigenvalue weighted by atomic mass is 19.1. The summed E-state index contributed by atoms with van der Waals surface area (Å²) in [5.41, 5.74) is -3.51. The first kappa shape index (κ1) is 13.9. The number of aromatic nitrogens is 2. The molecule has 19 heavy (non-hydrogen) atoms. The predicted octanol–water partition coefficient (Wildman–Crippen LogP) is -2.51. The molecule has 1 aliphatic heterocycles. The van der Waals surface area contributed by atoms with E-state index < -0.39 is 48.6 Å². The van der Waals surface area contributed by atoms with Crippen LogP contribution in [-0.4, -0.2) is 56.0 Å². The monoisotopic (exact) mass is 276 g/mol. The van der Waals surface area contributed by atoms with Crippen LogP contribution in [0, 0.1) is 0 Å². The lowest BCUT2D eigenvalue weighted by molar-refractivity contribution is -0.138. The van der Waals surface area contributed by atoms with Crippen molar-refractivity contribution in [2.24, 2.45) is 0 Å². The number of aromatic amines is 1. The molecular weight excluding hydrogens is 263 g/mol. The van der Waals surface area contributed by atoms with E-state index in [0.717, 1.165) is 16.8 Å². The van der Waals surface area contributed by atoms with Gasteiger partial charge in [0.15, 0.2) is 11.8 Å². The van der Waals surface area contributed by atoms with Crippen molar-refractivity contribution in [3.05, 3.63) is 33.1 Å². The van der Waals surface area contributed by atoms with Crippen molar-refractivity contribution in [2.45, 2.75) is 24.0 Å². The predicted molar refractivity (Wildman–Crippen MR) is 59.3 cm³/mol. The molecular formula is C10H13FN2O6. The first-order valence-corrected chi connectivity index (χ1v) is 5.47. The Hall–Kier alpha value is -1.55. The molecule has 1 aliphatic rings. The molecule has 1 aromatic heterocycles. The first-order valence-electron chi connectivity index (χ1n) is 5.47. The lowest BCUT2D eigenvalue weighted by Gasteiger charge is -2.26. The van der Waals surface area contributed by atoms with Gasteiger partial charge in [0, 0.05) is 12.3 Å². The number of hydrogen-bond donors (Lipinski definition) is 4. The van der Waals surface area contributed by atoms with Gasteiger partial charge in [-0.3, -0.25) is 14.3 Å². The highest BCUT2D eigenvalue weighted by Gasteiger charge is 2.55. The fourth-order valence-electron chi connectivity index (χ4n) is 1.98. The molecule has 8 nitrogen and oxygen atoms in total. The van der Waals surface area contributed by atoms with Crippen LogP contribution in [0.5, 0.6) is 0 Å². The standard InChI is InChI=1S/C10H13FN2O6/c11-3-10(4-14)7(17)6(16)8(19-10)13-2-1-5(15)12-9(13)18/h1-2,6-8,14,16-17H,3-4H2,(H,12,15,18)/t6?,7?,8-,10-/m0/s1. The Bertz CT molecular complexity index is 566. The Labute approximate surface area is 105 Å². The molecule has 2 heterocycles. The minimum Gasteiger partial charge on any atom is -0.393 e. The number of aliphatic hydroxyl groups is 3. The van der Waals surface area contributed by atoms with Gasteiger partial charge < -0.3 is 20.1 Å². The molecule has 0 bridgehead atoms. The Morgan fingerprint density at radius 1 is 1.47 bits per heavy atom. The summed E-state index contributed by atoms with van der Waals surface area (Å²) in [7, 11) is 0. The minimum absolute atomic E-state index is 0.645. The lowest BCUT2D eigenvalue weighted by atomic mass is 9.98. The van der Waals surface area contributed by atoms with Gasteiger partial charge in [0.25, 0.3) is 5.56 Å². The fourth-order valence-corrected chi connectivity index (χ4v) is 1.98. The zero-order valence-electron chi connectivity index (χ0n) is 9.69. The van der Waals surface area contributed by atoms with E-state index in [0.29, 0.717) is 0 Å². The molecule has 1 fully saturated rings. The van der Waals surface area contributed by atoms with Gasteiger partial charge in [0.2, 0.25) is 0 Å². The third kappa shape index (κ3) is 2.10. The molecule has 0 saturated carbocycles. The molecule has 0 spiro atoms. The van der Waals surface area contributed by atoms with Crippen LogP contribution in [-0.2, 0) is 4.74 Å². The molecule has 2 rings (SSSR count). The highest BCUT2D eigenvalue weighted by molar-refractivity contribution is 5.01. The largest absolute Gasteiger partial charge is 0.393 e. The summed E-state index contributed by atoms with van der Waals surface area (Å²) in [6, 6.07) is 1.01. The molecule has 1 saturated heterocycles. The number of alkyl halides is 1. The van der Waals surface area contributed by atoms with Crippen LogP contribution in [0.4, 0.5) is 4.39 Å². The summed E-state index contributed by atoms with van der Waals surface area (Å²) < 4.78 is 18.8. The van der Waals surface area contributed by atoms with Crippen molar-refractivity contribution in [1.82, 2.24) is 9.55 Å². The highest BCUT2D eigenvalue weighted by Crippen LogP contribution is 2.36. The van der Waals surface area contributed by atoms with Crippen LogP contribution < -0.4 is 11.2 Å². The SMILES string of the molecule is O=c1ccn([C@H]2O[C@](CO)(CF)C(O)C2O)c(=O)[nH]1. The Kier molecular flexibility index (Phi) is 3.54. The summed E-state index contributed by atoms with van der Waals surface area (Å²) in [5, 5.41) is 28.6. The Morgan fingerprint density at radius 2 is 2.16 bits per heavy atom. The minimum atomic E-state index is -1.99. The Morgan fingerprint density at radius 3 is 2.63 bits per heavy atom. The summed E-state index contributed by atoms with van der Waals surface area (Å²) in [6.45, 7) is -2.10. The Balaban J connectivity index is 2.42. The summed E-state index contributed by atoms with van der Waals surface area (Å²) in [4.78, 5) is 24.4. The van der Waals surface area contributed by atoms with Crippen molar-refractivity contribution >= 4 is 0 Å². The van der Waals surface area contributed by atoms with E-state index in [9.17, 15) is 24.2 Å². The molecule has 0 amide bonds. The van der Waals surface area contributed by atoms with Gasteiger partial charge in [-0.05, 0) is 0 Å². The third-order valence-corrected chi connectivity index (χ3v) is 3.13. The van der Waals surface area contributed by atoms with Crippen molar-refractivity contribution in [3.63, 3.8) is 0 Å². The van der Waals surface area contributed by atoms with Crippen molar-refractivity contribution < 1.29 is 24.4 Å². The number of ether oxygens (including phenoxy) is 1. The van der Waals surface area contributed by atoms with Crippen LogP contribution in [0.2, 0.25) is 0 Å². The maximum absolute atomic E-state index is 12.9. The second-order valence-electron chi connectivity index (χ2n) is 4.32. The van der Waals surface area contributed by atoms with Crippen LogP contribution in [0.25, 0.3) is 0 Å². The second-order valence-corrected chi connectivity index (χ2v) is 4.32. The van der Waals surface area contributed by atoms with Gasteiger partial charge in [-0.1, -0.05) is 0 Å². The van der Waals surface area contributed by atoms with Gasteiger partial charge in [0.1, 0.15) is 18.9 Å². The smallest absolute Gasteiger partial charge is 0.330 e. The number of nitrogens with zero attached hydrogens (tertiary/aromatic N) is 1. The van der Waals surface area contributed by atoms with Gasteiger partial charge in [-0.25, -0.2) is 9.18 Å². The number of H-pyrrole nitrogens is 1. The topological polar surface area (TPSA) is 125 Å². The van der Waals surface area contributed by atoms with Crippen LogP contribution in [0.3, 0.4) is 0 Å². The number of hydrogen-bond acceptors (Lipinski definition) is 6. The molecule has 4 N–H and O–H groups in total. The summed E-state index contributed by atoms with van der Waals surface area (Å²) >= 11 is 0. The molecule has 0 aromatic carbocycles. The third-order valence-electron chi connectivity index (χ3n) is 3.13. The van der Waals surface area contributed by atoms with Crippen molar-refractivity contribution in [3.8, 4) is 0 Å². The number of halogens is 1. The van der Waals surface area contributed by atoms with E-state index in [2.05, 4.69) is 0 Å². The van der Waals surface area contributed by atoms with E-state index in [1.165, 1.54) is 0 Å².